The van der Waals surface area contributed by atoms with E-state index in [1.165, 1.54) is 0 Å². The molecule has 5 heteroatoms. The van der Waals surface area contributed by atoms with E-state index in [-0.39, 0.29) is 12.7 Å². The number of methoxy groups -OCH3 is 1. The van der Waals surface area contributed by atoms with E-state index in [1.54, 1.807) is 7.11 Å². The minimum Gasteiger partial charge on any atom is -0.497 e. The molecule has 1 aliphatic heterocycles. The van der Waals surface area contributed by atoms with Gasteiger partial charge in [-0.1, -0.05) is 30.3 Å². The Labute approximate surface area is 147 Å². The molecule has 0 bridgehead atoms. The van der Waals surface area contributed by atoms with Gasteiger partial charge in [0.1, 0.15) is 11.5 Å². The van der Waals surface area contributed by atoms with E-state index >= 15 is 0 Å². The lowest BCUT2D eigenvalue weighted by Gasteiger charge is -2.32. The van der Waals surface area contributed by atoms with Crippen molar-refractivity contribution in [2.45, 2.75) is 37.8 Å². The molecule has 3 rings (SSSR count). The molecule has 0 aromatic heterocycles. The number of ether oxygens (including phenoxy) is 3. The van der Waals surface area contributed by atoms with Gasteiger partial charge in [0.05, 0.1) is 25.9 Å². The van der Waals surface area contributed by atoms with Crippen molar-refractivity contribution in [1.82, 2.24) is 0 Å². The van der Waals surface area contributed by atoms with Gasteiger partial charge < -0.3 is 24.4 Å². The second-order valence-corrected chi connectivity index (χ2v) is 6.25. The monoisotopic (exact) mass is 344 g/mol. The molecule has 134 valence electrons. The van der Waals surface area contributed by atoms with E-state index in [9.17, 15) is 10.2 Å². The van der Waals surface area contributed by atoms with Crippen molar-refractivity contribution in [3.05, 3.63) is 59.7 Å². The van der Waals surface area contributed by atoms with Crippen molar-refractivity contribution in [2.24, 2.45) is 0 Å². The molecule has 1 saturated heterocycles. The van der Waals surface area contributed by atoms with Crippen LogP contribution in [-0.4, -0.2) is 42.4 Å². The first-order valence-electron chi connectivity index (χ1n) is 8.50. The number of aliphatic hydroxyl groups excluding tert-OH is 2. The average molecular weight is 344 g/mol. The van der Waals surface area contributed by atoms with Crippen molar-refractivity contribution in [1.29, 1.82) is 0 Å². The summed E-state index contributed by atoms with van der Waals surface area (Å²) in [4.78, 5) is 0. The highest BCUT2D eigenvalue weighted by Gasteiger charge is 2.29. The molecular weight excluding hydrogens is 320 g/mol. The van der Waals surface area contributed by atoms with Crippen LogP contribution in [0.2, 0.25) is 0 Å². The summed E-state index contributed by atoms with van der Waals surface area (Å²) in [6.45, 7) is -0.121. The zero-order valence-electron chi connectivity index (χ0n) is 14.3. The Morgan fingerprint density at radius 2 is 1.84 bits per heavy atom. The standard InChI is InChI=1S/C20H24O5/c1-23-17-8-6-14(7-9-17)10-15-4-2-3-5-19(15)25-20-12-16(22)11-18(13-21)24-20/h2-9,16,18,20-22H,10-13H2,1H3. The maximum Gasteiger partial charge on any atom is 0.202 e. The Hall–Kier alpha value is -2.08. The summed E-state index contributed by atoms with van der Waals surface area (Å²) < 4.78 is 16.9. The number of hydrogen-bond acceptors (Lipinski definition) is 5. The fourth-order valence-corrected chi connectivity index (χ4v) is 3.01. The molecule has 1 aliphatic rings. The van der Waals surface area contributed by atoms with Crippen LogP contribution in [0.1, 0.15) is 24.0 Å². The SMILES string of the molecule is COc1ccc(Cc2ccccc2OC2CC(O)CC(CO)O2)cc1. The van der Waals surface area contributed by atoms with Crippen molar-refractivity contribution in [3.63, 3.8) is 0 Å². The highest BCUT2D eigenvalue weighted by atomic mass is 16.7. The highest BCUT2D eigenvalue weighted by molar-refractivity contribution is 5.39. The Bertz CT molecular complexity index is 670. The first kappa shape index (κ1) is 17.7. The number of benzene rings is 2. The second kappa shape index (κ2) is 8.34. The van der Waals surface area contributed by atoms with Crippen molar-refractivity contribution >= 4 is 0 Å². The van der Waals surface area contributed by atoms with E-state index in [4.69, 9.17) is 14.2 Å². The van der Waals surface area contributed by atoms with Gasteiger partial charge in [-0.05, 0) is 29.3 Å². The third kappa shape index (κ3) is 4.72. The normalized spacial score (nSPS) is 23.2. The van der Waals surface area contributed by atoms with Gasteiger partial charge in [-0.25, -0.2) is 0 Å². The molecule has 0 spiro atoms. The average Bonchev–Trinajstić information content (AvgIpc) is 2.63. The van der Waals surface area contributed by atoms with Crippen LogP contribution in [0, 0.1) is 0 Å². The van der Waals surface area contributed by atoms with Crippen LogP contribution in [0.4, 0.5) is 0 Å². The summed E-state index contributed by atoms with van der Waals surface area (Å²) >= 11 is 0. The molecule has 0 saturated carbocycles. The lowest BCUT2D eigenvalue weighted by Crippen LogP contribution is -2.40. The predicted molar refractivity (Wildman–Crippen MR) is 93.9 cm³/mol. The second-order valence-electron chi connectivity index (χ2n) is 6.25. The molecule has 0 aliphatic carbocycles. The Morgan fingerprint density at radius 3 is 2.56 bits per heavy atom. The Morgan fingerprint density at radius 1 is 1.08 bits per heavy atom. The van der Waals surface area contributed by atoms with Crippen LogP contribution in [0.3, 0.4) is 0 Å². The fraction of sp³-hybridized carbons (Fsp3) is 0.400. The number of para-hydroxylation sites is 1. The molecule has 1 fully saturated rings. The van der Waals surface area contributed by atoms with Crippen molar-refractivity contribution in [2.75, 3.05) is 13.7 Å². The predicted octanol–water partition coefficient (Wildman–Crippen LogP) is 2.52. The van der Waals surface area contributed by atoms with Crippen molar-refractivity contribution in [3.8, 4) is 11.5 Å². The third-order valence-electron chi connectivity index (χ3n) is 4.33. The van der Waals surface area contributed by atoms with E-state index in [0.717, 1.165) is 29.0 Å². The molecule has 3 unspecified atom stereocenters. The molecular formula is C20H24O5. The fourth-order valence-electron chi connectivity index (χ4n) is 3.01. The Balaban J connectivity index is 1.71. The molecule has 0 amide bonds. The van der Waals surface area contributed by atoms with Crippen LogP contribution in [0.15, 0.2) is 48.5 Å². The van der Waals surface area contributed by atoms with Gasteiger partial charge in [0.15, 0.2) is 0 Å². The van der Waals surface area contributed by atoms with Gasteiger partial charge in [-0.3, -0.25) is 0 Å². The maximum atomic E-state index is 9.93. The first-order chi connectivity index (χ1) is 12.2. The van der Waals surface area contributed by atoms with E-state index < -0.39 is 12.4 Å². The third-order valence-corrected chi connectivity index (χ3v) is 4.33. The number of rotatable bonds is 6. The first-order valence-corrected chi connectivity index (χ1v) is 8.50. The van der Waals surface area contributed by atoms with Crippen molar-refractivity contribution < 1.29 is 24.4 Å². The highest BCUT2D eigenvalue weighted by Crippen LogP contribution is 2.27. The van der Waals surface area contributed by atoms with E-state index in [1.807, 2.05) is 48.5 Å². The van der Waals surface area contributed by atoms with Gasteiger partial charge >= 0.3 is 0 Å². The van der Waals surface area contributed by atoms with Crippen LogP contribution >= 0.6 is 0 Å². The molecule has 0 radical (unpaired) electrons. The summed E-state index contributed by atoms with van der Waals surface area (Å²) in [5, 5.41) is 19.2. The zero-order valence-corrected chi connectivity index (χ0v) is 14.3. The van der Waals surface area contributed by atoms with Crippen LogP contribution in [-0.2, 0) is 11.2 Å². The summed E-state index contributed by atoms with van der Waals surface area (Å²) in [6, 6.07) is 15.7. The molecule has 2 aromatic carbocycles. The van der Waals surface area contributed by atoms with Gasteiger partial charge in [0, 0.05) is 19.3 Å². The molecule has 5 nitrogen and oxygen atoms in total. The quantitative estimate of drug-likeness (QED) is 0.843. The number of hydrogen-bond donors (Lipinski definition) is 2. The van der Waals surface area contributed by atoms with Crippen LogP contribution in [0.25, 0.3) is 0 Å². The Kier molecular flexibility index (Phi) is 5.91. The molecule has 1 heterocycles. The lowest BCUT2D eigenvalue weighted by atomic mass is 10.0. The molecule has 3 atom stereocenters. The van der Waals surface area contributed by atoms with Crippen LogP contribution < -0.4 is 9.47 Å². The van der Waals surface area contributed by atoms with E-state index in [0.29, 0.717) is 12.8 Å². The van der Waals surface area contributed by atoms with Gasteiger partial charge in [0.25, 0.3) is 0 Å². The molecule has 25 heavy (non-hydrogen) atoms. The lowest BCUT2D eigenvalue weighted by molar-refractivity contribution is -0.184. The summed E-state index contributed by atoms with van der Waals surface area (Å²) in [7, 11) is 1.65. The largest absolute Gasteiger partial charge is 0.497 e. The molecule has 2 aromatic rings. The van der Waals surface area contributed by atoms with E-state index in [2.05, 4.69) is 0 Å². The minimum atomic E-state index is -0.557. The smallest absolute Gasteiger partial charge is 0.202 e. The minimum absolute atomic E-state index is 0.121. The number of aliphatic hydroxyl groups is 2. The van der Waals surface area contributed by atoms with Gasteiger partial charge in [-0.15, -0.1) is 0 Å². The molecule has 2 N–H and O–H groups in total. The maximum absolute atomic E-state index is 9.93. The summed E-state index contributed by atoms with van der Waals surface area (Å²) in [6.07, 6.45) is 0.0842. The summed E-state index contributed by atoms with van der Waals surface area (Å²) in [5.41, 5.74) is 2.19. The van der Waals surface area contributed by atoms with Gasteiger partial charge in [0.2, 0.25) is 6.29 Å². The topological polar surface area (TPSA) is 68.2 Å². The van der Waals surface area contributed by atoms with Gasteiger partial charge in [-0.2, -0.15) is 0 Å². The van der Waals surface area contributed by atoms with Crippen LogP contribution in [0.5, 0.6) is 11.5 Å². The summed E-state index contributed by atoms with van der Waals surface area (Å²) in [5.74, 6) is 1.56. The zero-order chi connectivity index (χ0) is 17.6.